The van der Waals surface area contributed by atoms with Gasteiger partial charge in [0.1, 0.15) is 11.5 Å². The fourth-order valence-corrected chi connectivity index (χ4v) is 4.08. The normalized spacial score (nSPS) is 18.9. The molecule has 0 spiro atoms. The number of aliphatic imine (C=N–C) groups is 1. The van der Waals surface area contributed by atoms with E-state index < -0.39 is 0 Å². The number of halogens is 1. The minimum Gasteiger partial charge on any atom is -0.318 e. The predicted octanol–water partition coefficient (Wildman–Crippen LogP) is 5.01. The van der Waals surface area contributed by atoms with E-state index in [1.165, 1.54) is 6.42 Å². The summed E-state index contributed by atoms with van der Waals surface area (Å²) in [4.78, 5) is 19.3. The molecule has 2 aliphatic rings. The molecule has 1 aromatic heterocycles. The second kappa shape index (κ2) is 6.88. The highest BCUT2D eigenvalue weighted by atomic mass is 79.9. The van der Waals surface area contributed by atoms with E-state index in [1.807, 2.05) is 23.1 Å². The van der Waals surface area contributed by atoms with Crippen LogP contribution in [0.4, 0.5) is 0 Å². The number of fused-ring (bicyclic) bond motifs is 1. The van der Waals surface area contributed by atoms with E-state index in [0.717, 1.165) is 58.8 Å². The van der Waals surface area contributed by atoms with Crippen molar-refractivity contribution >= 4 is 33.7 Å². The Balaban J connectivity index is 1.71. The summed E-state index contributed by atoms with van der Waals surface area (Å²) >= 11 is 3.49. The molecule has 0 saturated carbocycles. The predicted molar refractivity (Wildman–Crippen MR) is 109 cm³/mol. The van der Waals surface area contributed by atoms with Crippen molar-refractivity contribution in [1.29, 1.82) is 0 Å². The Bertz CT molecular complexity index is 921. The summed E-state index contributed by atoms with van der Waals surface area (Å²) in [6.07, 6.45) is 6.21. The van der Waals surface area contributed by atoms with Gasteiger partial charge in [-0.3, -0.25) is 9.69 Å². The van der Waals surface area contributed by atoms with Gasteiger partial charge >= 0.3 is 0 Å². The first-order chi connectivity index (χ1) is 12.5. The monoisotopic (exact) mass is 411 g/mol. The molecular weight excluding hydrogens is 390 g/mol. The number of aromatic nitrogens is 1. The smallest absolute Gasteiger partial charge is 0.277 e. The second-order valence-electron chi connectivity index (χ2n) is 6.96. The Kier molecular flexibility index (Phi) is 4.57. The van der Waals surface area contributed by atoms with Crippen LogP contribution in [0.1, 0.15) is 42.6 Å². The van der Waals surface area contributed by atoms with Gasteiger partial charge in [-0.15, -0.1) is 0 Å². The Labute approximate surface area is 162 Å². The van der Waals surface area contributed by atoms with Gasteiger partial charge in [0.05, 0.1) is 0 Å². The molecule has 0 unspecified atom stereocenters. The van der Waals surface area contributed by atoms with Crippen molar-refractivity contribution in [3.05, 3.63) is 57.5 Å². The zero-order chi connectivity index (χ0) is 18.3. The van der Waals surface area contributed by atoms with E-state index in [9.17, 15) is 4.79 Å². The van der Waals surface area contributed by atoms with Gasteiger partial charge in [-0.05, 0) is 68.7 Å². The van der Waals surface area contributed by atoms with Gasteiger partial charge in [-0.25, -0.2) is 4.99 Å². The number of hydrogen-bond donors (Lipinski definition) is 0. The minimum absolute atomic E-state index is 0.0512. The number of benzene rings is 1. The maximum Gasteiger partial charge on any atom is 0.277 e. The average molecular weight is 412 g/mol. The molecular formula is C21H22BrN3O. The van der Waals surface area contributed by atoms with Crippen LogP contribution >= 0.6 is 15.9 Å². The zero-order valence-electron chi connectivity index (χ0n) is 15.1. The molecule has 0 radical (unpaired) electrons. The highest BCUT2D eigenvalue weighted by molar-refractivity contribution is 9.10. The summed E-state index contributed by atoms with van der Waals surface area (Å²) in [5.41, 5.74) is 5.00. The quantitative estimate of drug-likeness (QED) is 0.639. The van der Waals surface area contributed by atoms with E-state index >= 15 is 0 Å². The molecule has 26 heavy (non-hydrogen) atoms. The van der Waals surface area contributed by atoms with Crippen LogP contribution in [0.5, 0.6) is 0 Å². The number of carbonyl (C=O) groups excluding carboxylic acids is 1. The van der Waals surface area contributed by atoms with Crippen LogP contribution in [0.25, 0.3) is 11.8 Å². The number of amidine groups is 1. The summed E-state index contributed by atoms with van der Waals surface area (Å²) in [5, 5.41) is 0. The third-order valence-electron chi connectivity index (χ3n) is 5.15. The third kappa shape index (κ3) is 3.05. The summed E-state index contributed by atoms with van der Waals surface area (Å²) in [5.74, 6) is 0.996. The van der Waals surface area contributed by atoms with Crippen LogP contribution in [0, 0.1) is 13.8 Å². The number of carbonyl (C=O) groups is 1. The van der Waals surface area contributed by atoms with Gasteiger partial charge < -0.3 is 4.57 Å². The first kappa shape index (κ1) is 17.3. The first-order valence-corrected chi connectivity index (χ1v) is 9.90. The summed E-state index contributed by atoms with van der Waals surface area (Å²) < 4.78 is 3.27. The Hall–Kier alpha value is -2.14. The highest BCUT2D eigenvalue weighted by Gasteiger charge is 2.30. The largest absolute Gasteiger partial charge is 0.318 e. The Morgan fingerprint density at radius 3 is 2.65 bits per heavy atom. The van der Waals surface area contributed by atoms with Crippen molar-refractivity contribution in [2.24, 2.45) is 4.99 Å². The van der Waals surface area contributed by atoms with Gasteiger partial charge in [0.15, 0.2) is 0 Å². The van der Waals surface area contributed by atoms with Gasteiger partial charge in [0.25, 0.3) is 5.91 Å². The van der Waals surface area contributed by atoms with Crippen LogP contribution in [-0.2, 0) is 4.79 Å². The van der Waals surface area contributed by atoms with E-state index in [0.29, 0.717) is 5.70 Å². The van der Waals surface area contributed by atoms with Crippen molar-refractivity contribution in [3.63, 3.8) is 0 Å². The molecule has 0 atom stereocenters. The van der Waals surface area contributed by atoms with Gasteiger partial charge in [-0.2, -0.15) is 0 Å². The summed E-state index contributed by atoms with van der Waals surface area (Å²) in [7, 11) is 0. The fraction of sp³-hybridized carbons (Fsp3) is 0.333. The highest BCUT2D eigenvalue weighted by Crippen LogP contribution is 2.27. The van der Waals surface area contributed by atoms with E-state index in [4.69, 9.17) is 0 Å². The molecule has 4 rings (SSSR count). The average Bonchev–Trinajstić information content (AvgIpc) is 2.95. The van der Waals surface area contributed by atoms with Crippen molar-refractivity contribution in [2.75, 3.05) is 6.54 Å². The molecule has 4 nitrogen and oxygen atoms in total. The topological polar surface area (TPSA) is 37.6 Å². The van der Waals surface area contributed by atoms with Crippen LogP contribution in [0.3, 0.4) is 0 Å². The van der Waals surface area contributed by atoms with Gasteiger partial charge in [0, 0.05) is 34.5 Å². The van der Waals surface area contributed by atoms with Crippen LogP contribution in [-0.4, -0.2) is 27.8 Å². The molecule has 0 aliphatic carbocycles. The van der Waals surface area contributed by atoms with E-state index in [2.05, 4.69) is 57.5 Å². The van der Waals surface area contributed by atoms with Crippen LogP contribution < -0.4 is 0 Å². The van der Waals surface area contributed by atoms with Gasteiger partial charge in [-0.1, -0.05) is 22.4 Å². The van der Waals surface area contributed by atoms with Crippen molar-refractivity contribution < 1.29 is 4.79 Å². The van der Waals surface area contributed by atoms with E-state index in [1.54, 1.807) is 0 Å². The molecule has 2 aromatic rings. The maximum atomic E-state index is 12.7. The van der Waals surface area contributed by atoms with Crippen LogP contribution in [0.15, 0.2) is 45.5 Å². The lowest BCUT2D eigenvalue weighted by molar-refractivity contribution is -0.122. The molecule has 3 heterocycles. The second-order valence-corrected chi connectivity index (χ2v) is 7.88. The Morgan fingerprint density at radius 1 is 1.12 bits per heavy atom. The van der Waals surface area contributed by atoms with Gasteiger partial charge in [0.2, 0.25) is 0 Å². The molecule has 134 valence electrons. The van der Waals surface area contributed by atoms with Crippen molar-refractivity contribution in [3.8, 4) is 5.69 Å². The number of aryl methyl sites for hydroxylation is 1. The van der Waals surface area contributed by atoms with E-state index in [-0.39, 0.29) is 5.91 Å². The lowest BCUT2D eigenvalue weighted by Crippen LogP contribution is -2.31. The lowest BCUT2D eigenvalue weighted by atomic mass is 10.2. The van der Waals surface area contributed by atoms with Crippen LogP contribution in [0.2, 0.25) is 0 Å². The molecule has 0 bridgehead atoms. The molecule has 1 saturated heterocycles. The number of amides is 1. The summed E-state index contributed by atoms with van der Waals surface area (Å²) in [6, 6.07) is 10.4. The van der Waals surface area contributed by atoms with Crippen molar-refractivity contribution in [2.45, 2.75) is 39.5 Å². The molecule has 1 amide bonds. The maximum absolute atomic E-state index is 12.7. The Morgan fingerprint density at radius 2 is 1.88 bits per heavy atom. The first-order valence-electron chi connectivity index (χ1n) is 9.10. The molecule has 1 fully saturated rings. The lowest BCUT2D eigenvalue weighted by Gasteiger charge is -2.14. The molecule has 1 aromatic carbocycles. The molecule has 0 N–H and O–H groups in total. The standard InChI is InChI=1S/C21H22BrN3O/c1-14-12-16(15(2)25(14)18-9-7-17(22)8-10-18)13-19-21(26)24-11-5-3-4-6-20(24)23-19/h7-10,12-13H,3-6,11H2,1-2H3/b19-13-. The molecule has 5 heteroatoms. The number of rotatable bonds is 2. The van der Waals surface area contributed by atoms with Crippen molar-refractivity contribution in [1.82, 2.24) is 9.47 Å². The fourth-order valence-electron chi connectivity index (χ4n) is 3.82. The minimum atomic E-state index is 0.0512. The SMILES string of the molecule is Cc1cc(/C=C2\N=C3CCCCCN3C2=O)c(C)n1-c1ccc(Br)cc1. The summed E-state index contributed by atoms with van der Waals surface area (Å²) in [6.45, 7) is 4.98. The third-order valence-corrected chi connectivity index (χ3v) is 5.68. The molecule has 2 aliphatic heterocycles. The zero-order valence-corrected chi connectivity index (χ0v) is 16.7. The number of hydrogen-bond acceptors (Lipinski definition) is 2. The number of nitrogens with zero attached hydrogens (tertiary/aromatic N) is 3.